The highest BCUT2D eigenvalue weighted by Gasteiger charge is 2.29. The van der Waals surface area contributed by atoms with E-state index in [0.29, 0.717) is 0 Å². The van der Waals surface area contributed by atoms with Crippen molar-refractivity contribution in [2.45, 2.75) is 12.5 Å². The van der Waals surface area contributed by atoms with Crippen LogP contribution in [0.15, 0.2) is 158 Å². The van der Waals surface area contributed by atoms with E-state index >= 15 is 0 Å². The maximum atomic E-state index is 2.46. The Labute approximate surface area is 247 Å². The zero-order valence-electron chi connectivity index (χ0n) is 23.3. The van der Waals surface area contributed by atoms with Crippen molar-refractivity contribution in [3.63, 3.8) is 0 Å². The predicted octanol–water partition coefficient (Wildman–Crippen LogP) is 10.5. The topological polar surface area (TPSA) is 6.48 Å². The molecule has 0 saturated carbocycles. The molecule has 0 N–H and O–H groups in total. The summed E-state index contributed by atoms with van der Waals surface area (Å²) in [4.78, 5) is 4.87. The molecule has 0 aromatic heterocycles. The monoisotopic (exact) mass is 538 g/mol. The highest BCUT2D eigenvalue weighted by Crippen LogP contribution is 2.47. The van der Waals surface area contributed by atoms with Gasteiger partial charge < -0.3 is 9.80 Å². The second kappa shape index (κ2) is 10.2. The van der Waals surface area contributed by atoms with Crippen molar-refractivity contribution in [1.82, 2.24) is 0 Å². The van der Waals surface area contributed by atoms with Crippen LogP contribution in [0.4, 0.5) is 22.7 Å². The van der Waals surface area contributed by atoms with E-state index < -0.39 is 0 Å². The Morgan fingerprint density at radius 1 is 0.500 bits per heavy atom. The van der Waals surface area contributed by atoms with E-state index in [1.54, 1.807) is 0 Å². The fourth-order valence-corrected chi connectivity index (χ4v) is 6.67. The normalized spacial score (nSPS) is 14.9. The van der Waals surface area contributed by atoms with Gasteiger partial charge in [-0.3, -0.25) is 0 Å². The summed E-state index contributed by atoms with van der Waals surface area (Å²) >= 11 is 0. The maximum absolute atomic E-state index is 2.46. The second-order valence-corrected chi connectivity index (χ2v) is 10.9. The van der Waals surface area contributed by atoms with Crippen molar-refractivity contribution in [3.05, 3.63) is 180 Å². The van der Waals surface area contributed by atoms with Gasteiger partial charge in [0, 0.05) is 28.3 Å². The molecule has 2 aliphatic carbocycles. The number of hydrogen-bond donors (Lipinski definition) is 0. The molecule has 2 aliphatic rings. The lowest BCUT2D eigenvalue weighted by atomic mass is 9.81. The molecule has 8 rings (SSSR count). The molecule has 0 heterocycles. The largest absolute Gasteiger partial charge is 0.330 e. The molecule has 6 aromatic carbocycles. The lowest BCUT2D eigenvalue weighted by molar-refractivity contribution is 0.858. The average molecular weight is 539 g/mol. The van der Waals surface area contributed by atoms with Crippen molar-refractivity contribution in [2.75, 3.05) is 9.80 Å². The number of anilines is 4. The van der Waals surface area contributed by atoms with Gasteiger partial charge in [-0.05, 0) is 82.4 Å². The summed E-state index contributed by atoms with van der Waals surface area (Å²) < 4.78 is 0. The molecular weight excluding hydrogens is 508 g/mol. The fraction of sp³-hybridized carbons (Fsp3) is 0.0500. The first kappa shape index (κ1) is 24.5. The van der Waals surface area contributed by atoms with Gasteiger partial charge >= 0.3 is 0 Å². The molecule has 200 valence electrons. The Hall–Kier alpha value is -5.34. The number of para-hydroxylation sites is 4. The molecule has 0 radical (unpaired) electrons. The molecule has 0 saturated heterocycles. The first-order valence-electron chi connectivity index (χ1n) is 14.6. The Morgan fingerprint density at radius 2 is 1.05 bits per heavy atom. The van der Waals surface area contributed by atoms with Gasteiger partial charge in [-0.1, -0.05) is 115 Å². The van der Waals surface area contributed by atoms with E-state index in [0.717, 1.165) is 17.8 Å². The molecule has 0 aliphatic heterocycles. The third kappa shape index (κ3) is 4.03. The van der Waals surface area contributed by atoms with Crippen LogP contribution in [0, 0.1) is 0 Å². The minimum absolute atomic E-state index is 0.0697. The first-order chi connectivity index (χ1) is 20.9. The maximum Gasteiger partial charge on any atom is 0.0785 e. The van der Waals surface area contributed by atoms with Crippen LogP contribution in [0.5, 0.6) is 0 Å². The molecule has 6 aromatic rings. The molecule has 42 heavy (non-hydrogen) atoms. The SMILES string of the molecule is C1=CC(N(c2ccccc2)c2ccccc2)c2ccc3c4c(ccc1c24)C(N(c1ccccc1)c1ccccc1)=CC3. The molecule has 0 spiro atoms. The highest BCUT2D eigenvalue weighted by molar-refractivity contribution is 6.08. The van der Waals surface area contributed by atoms with E-state index in [2.05, 4.69) is 174 Å². The van der Waals surface area contributed by atoms with E-state index in [1.807, 2.05) is 0 Å². The van der Waals surface area contributed by atoms with Crippen LogP contribution in [0.2, 0.25) is 0 Å². The molecule has 0 bridgehead atoms. The van der Waals surface area contributed by atoms with Gasteiger partial charge in [0.05, 0.1) is 11.7 Å². The zero-order valence-corrected chi connectivity index (χ0v) is 23.3. The molecule has 0 fully saturated rings. The summed E-state index contributed by atoms with van der Waals surface area (Å²) in [6.45, 7) is 0. The van der Waals surface area contributed by atoms with Gasteiger partial charge in [-0.25, -0.2) is 0 Å². The van der Waals surface area contributed by atoms with Crippen LogP contribution in [0.3, 0.4) is 0 Å². The Kier molecular flexibility index (Phi) is 5.97. The standard InChI is InChI=1S/C40H30N2/c1-5-13-31(14-6-1)41(32-15-7-2-8-16-32)37-27-23-29-22-26-36-38(28-24-30-21-25-35(37)39(29)40(30)36)42(33-17-9-3-10-18-33)34-19-11-4-12-20-34/h1-23,25-28,37H,24H2. The summed E-state index contributed by atoms with van der Waals surface area (Å²) in [7, 11) is 0. The molecular formula is C40H30N2. The average Bonchev–Trinajstić information content (AvgIpc) is 3.07. The van der Waals surface area contributed by atoms with Gasteiger partial charge in [0.1, 0.15) is 0 Å². The van der Waals surface area contributed by atoms with E-state index in [1.165, 1.54) is 50.1 Å². The minimum atomic E-state index is 0.0697. The van der Waals surface area contributed by atoms with Crippen molar-refractivity contribution in [1.29, 1.82) is 0 Å². The van der Waals surface area contributed by atoms with Gasteiger partial charge in [0.15, 0.2) is 0 Å². The van der Waals surface area contributed by atoms with Gasteiger partial charge in [-0.2, -0.15) is 0 Å². The summed E-state index contributed by atoms with van der Waals surface area (Å²) in [5, 5.41) is 2.73. The van der Waals surface area contributed by atoms with Crippen LogP contribution >= 0.6 is 0 Å². The third-order valence-electron chi connectivity index (χ3n) is 8.50. The van der Waals surface area contributed by atoms with Crippen LogP contribution in [-0.2, 0) is 6.42 Å². The molecule has 2 nitrogen and oxygen atoms in total. The Balaban J connectivity index is 1.33. The first-order valence-corrected chi connectivity index (χ1v) is 14.6. The number of hydrogen-bond acceptors (Lipinski definition) is 2. The van der Waals surface area contributed by atoms with E-state index in [9.17, 15) is 0 Å². The summed E-state index contributed by atoms with van der Waals surface area (Å²) in [5.74, 6) is 0. The minimum Gasteiger partial charge on any atom is -0.330 e. The van der Waals surface area contributed by atoms with Crippen molar-refractivity contribution < 1.29 is 0 Å². The van der Waals surface area contributed by atoms with Crippen molar-refractivity contribution in [2.24, 2.45) is 0 Å². The second-order valence-electron chi connectivity index (χ2n) is 10.9. The van der Waals surface area contributed by atoms with Crippen molar-refractivity contribution in [3.8, 4) is 0 Å². The number of rotatable bonds is 6. The van der Waals surface area contributed by atoms with E-state index in [-0.39, 0.29) is 6.04 Å². The Morgan fingerprint density at radius 3 is 1.62 bits per heavy atom. The number of benzene rings is 6. The van der Waals surface area contributed by atoms with Crippen LogP contribution in [0.25, 0.3) is 22.5 Å². The van der Waals surface area contributed by atoms with Crippen LogP contribution in [-0.4, -0.2) is 0 Å². The van der Waals surface area contributed by atoms with Crippen LogP contribution < -0.4 is 9.80 Å². The van der Waals surface area contributed by atoms with Gasteiger partial charge in [0.2, 0.25) is 0 Å². The molecule has 2 heteroatoms. The quantitative estimate of drug-likeness (QED) is 0.208. The van der Waals surface area contributed by atoms with Gasteiger partial charge in [-0.15, -0.1) is 0 Å². The molecule has 1 atom stereocenters. The van der Waals surface area contributed by atoms with Gasteiger partial charge in [0.25, 0.3) is 0 Å². The smallest absolute Gasteiger partial charge is 0.0785 e. The highest BCUT2D eigenvalue weighted by atomic mass is 15.2. The zero-order chi connectivity index (χ0) is 27.9. The van der Waals surface area contributed by atoms with Crippen molar-refractivity contribution >= 4 is 45.3 Å². The summed E-state index contributed by atoms with van der Waals surface area (Å²) in [5.41, 5.74) is 11.2. The fourth-order valence-electron chi connectivity index (χ4n) is 6.67. The summed E-state index contributed by atoms with van der Waals surface area (Å²) in [6, 6.07) is 52.4. The Bertz CT molecular complexity index is 1860. The van der Waals surface area contributed by atoms with E-state index in [4.69, 9.17) is 0 Å². The third-order valence-corrected chi connectivity index (χ3v) is 8.50. The predicted molar refractivity (Wildman–Crippen MR) is 177 cm³/mol. The lowest BCUT2D eigenvalue weighted by Gasteiger charge is -2.36. The molecule has 0 amide bonds. The summed E-state index contributed by atoms with van der Waals surface area (Å²) in [6.07, 6.45) is 7.98. The number of nitrogens with zero attached hydrogens (tertiary/aromatic N) is 2. The van der Waals surface area contributed by atoms with Crippen LogP contribution in [0.1, 0.15) is 28.3 Å². The molecule has 1 unspecified atom stereocenters. The lowest BCUT2D eigenvalue weighted by Crippen LogP contribution is -2.24. The number of allylic oxidation sites excluding steroid dienone is 1.